The number of pyridine rings is 1. The van der Waals surface area contributed by atoms with Crippen LogP contribution in [0.2, 0.25) is 0 Å². The van der Waals surface area contributed by atoms with E-state index in [2.05, 4.69) is 82.3 Å². The molecule has 3 aromatic carbocycles. The number of benzene rings is 3. The molecule has 5 rings (SSSR count). The summed E-state index contributed by atoms with van der Waals surface area (Å²) in [6.07, 6.45) is 1.89. The van der Waals surface area contributed by atoms with Gasteiger partial charge >= 0.3 is 0 Å². The number of fused-ring (bicyclic) bond motifs is 3. The second-order valence-corrected chi connectivity index (χ2v) is 6.14. The van der Waals surface area contributed by atoms with Crippen LogP contribution >= 0.6 is 0 Å². The molecule has 0 N–H and O–H groups in total. The van der Waals surface area contributed by atoms with Crippen molar-refractivity contribution in [3.63, 3.8) is 0 Å². The lowest BCUT2D eigenvalue weighted by atomic mass is 10.1. The standard InChI is InChI=1S/C23H16N2/c1-2-8-17(9-3-1)21-16-18(14-15-24-21)25-22-12-6-4-10-19(22)20-11-5-7-13-23(20)25/h1-16H. The van der Waals surface area contributed by atoms with Gasteiger partial charge in [0.2, 0.25) is 0 Å². The molecule has 0 aliphatic rings. The van der Waals surface area contributed by atoms with Gasteiger partial charge in [-0.15, -0.1) is 0 Å². The molecule has 0 amide bonds. The van der Waals surface area contributed by atoms with Gasteiger partial charge in [-0.3, -0.25) is 4.98 Å². The van der Waals surface area contributed by atoms with Crippen LogP contribution in [0.1, 0.15) is 0 Å². The van der Waals surface area contributed by atoms with E-state index in [0.29, 0.717) is 0 Å². The molecule has 25 heavy (non-hydrogen) atoms. The molecule has 118 valence electrons. The second-order valence-electron chi connectivity index (χ2n) is 6.14. The van der Waals surface area contributed by atoms with Gasteiger partial charge in [0.1, 0.15) is 0 Å². The Kier molecular flexibility index (Phi) is 3.14. The van der Waals surface area contributed by atoms with Crippen molar-refractivity contribution in [3.05, 3.63) is 97.2 Å². The summed E-state index contributed by atoms with van der Waals surface area (Å²) in [5.41, 5.74) is 5.68. The average molecular weight is 320 g/mol. The summed E-state index contributed by atoms with van der Waals surface area (Å²) in [7, 11) is 0. The van der Waals surface area contributed by atoms with Crippen molar-refractivity contribution >= 4 is 21.8 Å². The summed E-state index contributed by atoms with van der Waals surface area (Å²) in [6.45, 7) is 0. The first kappa shape index (κ1) is 14.0. The maximum atomic E-state index is 4.57. The van der Waals surface area contributed by atoms with Crippen molar-refractivity contribution in [2.45, 2.75) is 0 Å². The maximum absolute atomic E-state index is 4.57. The predicted octanol–water partition coefficient (Wildman–Crippen LogP) is 5.85. The van der Waals surface area contributed by atoms with E-state index in [4.69, 9.17) is 0 Å². The molecular formula is C23H16N2. The second kappa shape index (κ2) is 5.60. The summed E-state index contributed by atoms with van der Waals surface area (Å²) < 4.78 is 2.32. The molecule has 5 aromatic rings. The smallest absolute Gasteiger partial charge is 0.0722 e. The minimum absolute atomic E-state index is 0.986. The van der Waals surface area contributed by atoms with Crippen LogP contribution in [0.5, 0.6) is 0 Å². The summed E-state index contributed by atoms with van der Waals surface area (Å²) in [6, 6.07) is 31.7. The number of nitrogens with zero attached hydrogens (tertiary/aromatic N) is 2. The van der Waals surface area contributed by atoms with E-state index < -0.39 is 0 Å². The van der Waals surface area contributed by atoms with Gasteiger partial charge in [-0.2, -0.15) is 0 Å². The third-order valence-electron chi connectivity index (χ3n) is 4.65. The van der Waals surface area contributed by atoms with Gasteiger partial charge in [0.25, 0.3) is 0 Å². The van der Waals surface area contributed by atoms with Gasteiger partial charge in [-0.25, -0.2) is 0 Å². The molecule has 2 nitrogen and oxygen atoms in total. The third kappa shape index (κ3) is 2.23. The fraction of sp³-hybridized carbons (Fsp3) is 0. The predicted molar refractivity (Wildman–Crippen MR) is 104 cm³/mol. The van der Waals surface area contributed by atoms with Crippen LogP contribution in [-0.2, 0) is 0 Å². The lowest BCUT2D eigenvalue weighted by Gasteiger charge is -2.09. The van der Waals surface area contributed by atoms with Gasteiger partial charge in [0, 0.05) is 28.2 Å². The zero-order valence-corrected chi connectivity index (χ0v) is 13.6. The van der Waals surface area contributed by atoms with Crippen molar-refractivity contribution in [2.75, 3.05) is 0 Å². The molecule has 0 unspecified atom stereocenters. The Bertz CT molecular complexity index is 1130. The molecule has 0 bridgehead atoms. The molecule has 0 spiro atoms. The van der Waals surface area contributed by atoms with Crippen LogP contribution in [0.4, 0.5) is 0 Å². The molecule has 0 aliphatic heterocycles. The maximum Gasteiger partial charge on any atom is 0.0722 e. The minimum Gasteiger partial charge on any atom is -0.309 e. The van der Waals surface area contributed by atoms with Crippen LogP contribution in [0, 0.1) is 0 Å². The van der Waals surface area contributed by atoms with Gasteiger partial charge in [0.15, 0.2) is 0 Å². The van der Waals surface area contributed by atoms with Crippen molar-refractivity contribution in [3.8, 4) is 16.9 Å². The molecule has 0 atom stereocenters. The highest BCUT2D eigenvalue weighted by Crippen LogP contribution is 2.32. The topological polar surface area (TPSA) is 17.8 Å². The highest BCUT2D eigenvalue weighted by atomic mass is 15.0. The molecule has 2 heterocycles. The molecule has 0 radical (unpaired) electrons. The monoisotopic (exact) mass is 320 g/mol. The number of rotatable bonds is 2. The number of para-hydroxylation sites is 2. The fourth-order valence-electron chi connectivity index (χ4n) is 3.53. The summed E-state index contributed by atoms with van der Waals surface area (Å²) in [4.78, 5) is 4.57. The first-order chi connectivity index (χ1) is 12.4. The third-order valence-corrected chi connectivity index (χ3v) is 4.65. The normalized spacial score (nSPS) is 11.2. The van der Waals surface area contributed by atoms with E-state index >= 15 is 0 Å². The van der Waals surface area contributed by atoms with E-state index in [1.807, 2.05) is 24.4 Å². The van der Waals surface area contributed by atoms with Crippen LogP contribution in [0.25, 0.3) is 38.8 Å². The lowest BCUT2D eigenvalue weighted by Crippen LogP contribution is -1.95. The lowest BCUT2D eigenvalue weighted by molar-refractivity contribution is 1.16. The van der Waals surface area contributed by atoms with Crippen molar-refractivity contribution in [1.29, 1.82) is 0 Å². The van der Waals surface area contributed by atoms with Crippen LogP contribution in [0.15, 0.2) is 97.2 Å². The summed E-state index contributed by atoms with van der Waals surface area (Å²) in [5, 5.41) is 2.55. The zero-order valence-electron chi connectivity index (χ0n) is 13.6. The van der Waals surface area contributed by atoms with E-state index in [-0.39, 0.29) is 0 Å². The number of aromatic nitrogens is 2. The summed E-state index contributed by atoms with van der Waals surface area (Å²) >= 11 is 0. The van der Waals surface area contributed by atoms with Crippen LogP contribution in [0.3, 0.4) is 0 Å². The van der Waals surface area contributed by atoms with Crippen molar-refractivity contribution in [2.24, 2.45) is 0 Å². The highest BCUT2D eigenvalue weighted by Gasteiger charge is 2.12. The van der Waals surface area contributed by atoms with Crippen LogP contribution in [-0.4, -0.2) is 9.55 Å². The highest BCUT2D eigenvalue weighted by molar-refractivity contribution is 6.09. The van der Waals surface area contributed by atoms with Gasteiger partial charge < -0.3 is 4.57 Å². The molecular weight excluding hydrogens is 304 g/mol. The van der Waals surface area contributed by atoms with Crippen molar-refractivity contribution in [1.82, 2.24) is 9.55 Å². The Morgan fingerprint density at radius 3 is 1.88 bits per heavy atom. The molecule has 0 saturated carbocycles. The van der Waals surface area contributed by atoms with Crippen LogP contribution < -0.4 is 0 Å². The largest absolute Gasteiger partial charge is 0.309 e. The molecule has 0 aliphatic carbocycles. The van der Waals surface area contributed by atoms with E-state index in [9.17, 15) is 0 Å². The molecule has 2 heteroatoms. The van der Waals surface area contributed by atoms with E-state index in [1.54, 1.807) is 0 Å². The first-order valence-corrected chi connectivity index (χ1v) is 8.42. The van der Waals surface area contributed by atoms with Gasteiger partial charge in [-0.05, 0) is 24.3 Å². The molecule has 2 aromatic heterocycles. The molecule has 0 fully saturated rings. The Hall–Kier alpha value is -3.39. The summed E-state index contributed by atoms with van der Waals surface area (Å²) in [5.74, 6) is 0. The quantitative estimate of drug-likeness (QED) is 0.399. The fourth-order valence-corrected chi connectivity index (χ4v) is 3.53. The van der Waals surface area contributed by atoms with E-state index in [1.165, 1.54) is 21.8 Å². The molecule has 0 saturated heterocycles. The van der Waals surface area contributed by atoms with Gasteiger partial charge in [-0.1, -0.05) is 66.7 Å². The minimum atomic E-state index is 0.986. The first-order valence-electron chi connectivity index (χ1n) is 8.42. The Labute approximate surface area is 146 Å². The number of hydrogen-bond donors (Lipinski definition) is 0. The number of hydrogen-bond acceptors (Lipinski definition) is 1. The van der Waals surface area contributed by atoms with Crippen molar-refractivity contribution < 1.29 is 0 Å². The SMILES string of the molecule is c1ccc(-c2cc(-n3c4ccccc4c4ccccc43)ccn2)cc1. The van der Waals surface area contributed by atoms with E-state index in [0.717, 1.165) is 16.9 Å². The van der Waals surface area contributed by atoms with Gasteiger partial charge in [0.05, 0.1) is 16.7 Å². The Morgan fingerprint density at radius 2 is 1.20 bits per heavy atom. The zero-order chi connectivity index (χ0) is 16.6. The Balaban J connectivity index is 1.81. The Morgan fingerprint density at radius 1 is 0.600 bits per heavy atom. The average Bonchev–Trinajstić information content (AvgIpc) is 3.03.